The first-order chi connectivity index (χ1) is 9.35. The molecular weight excluding hydrogens is 238 g/mol. The summed E-state index contributed by atoms with van der Waals surface area (Å²) in [5.74, 6) is 0. The fourth-order valence-electron chi connectivity index (χ4n) is 3.55. The second-order valence-electron chi connectivity index (χ2n) is 5.94. The molecule has 1 unspecified atom stereocenters. The van der Waals surface area contributed by atoms with E-state index in [2.05, 4.69) is 24.6 Å². The van der Waals surface area contributed by atoms with Crippen LogP contribution in [0, 0.1) is 5.41 Å². The Balaban J connectivity index is 1.53. The van der Waals surface area contributed by atoms with E-state index in [9.17, 15) is 0 Å². The molecule has 2 aliphatic rings. The highest BCUT2D eigenvalue weighted by Crippen LogP contribution is 2.36. The van der Waals surface area contributed by atoms with Crippen LogP contribution in [-0.2, 0) is 6.54 Å². The maximum Gasteiger partial charge on any atom is 0.155 e. The minimum absolute atomic E-state index is 0.544. The lowest BCUT2D eigenvalue weighted by molar-refractivity contribution is 0.266. The Morgan fingerprint density at radius 1 is 1.32 bits per heavy atom. The van der Waals surface area contributed by atoms with Crippen LogP contribution in [0.5, 0.6) is 0 Å². The first-order valence-electron chi connectivity index (χ1n) is 7.04. The quantitative estimate of drug-likeness (QED) is 0.869. The minimum atomic E-state index is 0.544. The monoisotopic (exact) mass is 257 g/mol. The van der Waals surface area contributed by atoms with Crippen molar-refractivity contribution in [2.75, 3.05) is 26.2 Å². The van der Waals surface area contributed by atoms with E-state index < -0.39 is 0 Å². The van der Waals surface area contributed by atoms with Crippen LogP contribution in [0.15, 0.2) is 24.8 Å². The molecule has 1 atom stereocenters. The third-order valence-electron chi connectivity index (χ3n) is 4.63. The van der Waals surface area contributed by atoms with Crippen molar-refractivity contribution >= 4 is 5.65 Å². The summed E-state index contributed by atoms with van der Waals surface area (Å²) in [7, 11) is 0. The van der Waals surface area contributed by atoms with Gasteiger partial charge in [-0.05, 0) is 31.3 Å². The minimum Gasteiger partial charge on any atom is -0.316 e. The van der Waals surface area contributed by atoms with Crippen LogP contribution in [0.4, 0.5) is 0 Å². The van der Waals surface area contributed by atoms with Gasteiger partial charge in [0.15, 0.2) is 5.65 Å². The maximum absolute atomic E-state index is 4.41. The molecule has 0 radical (unpaired) electrons. The van der Waals surface area contributed by atoms with Gasteiger partial charge in [0.05, 0.1) is 18.1 Å². The van der Waals surface area contributed by atoms with Gasteiger partial charge in [0.25, 0.3) is 0 Å². The Morgan fingerprint density at radius 2 is 2.32 bits per heavy atom. The van der Waals surface area contributed by atoms with E-state index in [-0.39, 0.29) is 0 Å². The van der Waals surface area contributed by atoms with E-state index in [1.54, 1.807) is 0 Å². The van der Waals surface area contributed by atoms with Gasteiger partial charge in [-0.25, -0.2) is 4.98 Å². The van der Waals surface area contributed by atoms with Crippen molar-refractivity contribution in [2.24, 2.45) is 5.41 Å². The molecule has 1 spiro atoms. The molecule has 4 heterocycles. The average molecular weight is 257 g/mol. The van der Waals surface area contributed by atoms with Crippen molar-refractivity contribution < 1.29 is 0 Å². The molecule has 2 aliphatic heterocycles. The number of aromatic nitrogens is 3. The third-order valence-corrected chi connectivity index (χ3v) is 4.63. The Morgan fingerprint density at radius 3 is 3.21 bits per heavy atom. The zero-order chi connectivity index (χ0) is 12.7. The van der Waals surface area contributed by atoms with Gasteiger partial charge in [-0.15, -0.1) is 0 Å². The van der Waals surface area contributed by atoms with Gasteiger partial charge in [-0.3, -0.25) is 14.3 Å². The van der Waals surface area contributed by atoms with Crippen molar-refractivity contribution in [1.82, 2.24) is 24.6 Å². The molecule has 100 valence electrons. The number of hydrogen-bond donors (Lipinski definition) is 1. The molecule has 0 aromatic carbocycles. The number of rotatable bonds is 2. The summed E-state index contributed by atoms with van der Waals surface area (Å²) >= 11 is 0. The predicted octanol–water partition coefficient (Wildman–Crippen LogP) is 0.915. The summed E-state index contributed by atoms with van der Waals surface area (Å²) < 4.78 is 2.14. The zero-order valence-electron chi connectivity index (χ0n) is 11.0. The Labute approximate surface area is 112 Å². The lowest BCUT2D eigenvalue weighted by atomic mass is 9.87. The Hall–Kier alpha value is -1.46. The normalized spacial score (nSPS) is 27.8. The number of nitrogens with zero attached hydrogens (tertiary/aromatic N) is 4. The van der Waals surface area contributed by atoms with Crippen molar-refractivity contribution in [3.8, 4) is 0 Å². The molecule has 2 aromatic rings. The van der Waals surface area contributed by atoms with Gasteiger partial charge < -0.3 is 5.32 Å². The molecule has 0 amide bonds. The number of imidazole rings is 1. The van der Waals surface area contributed by atoms with Crippen molar-refractivity contribution in [3.63, 3.8) is 0 Å². The zero-order valence-corrected chi connectivity index (χ0v) is 11.0. The van der Waals surface area contributed by atoms with Crippen LogP contribution in [0.3, 0.4) is 0 Å². The summed E-state index contributed by atoms with van der Waals surface area (Å²) in [6.45, 7) is 5.81. The van der Waals surface area contributed by atoms with Crippen LogP contribution in [0.25, 0.3) is 5.65 Å². The summed E-state index contributed by atoms with van der Waals surface area (Å²) in [4.78, 5) is 11.1. The second-order valence-corrected chi connectivity index (χ2v) is 5.94. The topological polar surface area (TPSA) is 45.5 Å². The average Bonchev–Trinajstić information content (AvgIpc) is 3.14. The van der Waals surface area contributed by atoms with E-state index in [4.69, 9.17) is 0 Å². The van der Waals surface area contributed by atoms with E-state index in [1.807, 2.05) is 24.8 Å². The molecule has 2 aromatic heterocycles. The van der Waals surface area contributed by atoms with Gasteiger partial charge in [0.1, 0.15) is 0 Å². The second kappa shape index (κ2) is 4.28. The molecule has 5 nitrogen and oxygen atoms in total. The van der Waals surface area contributed by atoms with Crippen molar-refractivity contribution in [1.29, 1.82) is 0 Å². The molecule has 0 saturated carbocycles. The molecule has 4 rings (SSSR count). The van der Waals surface area contributed by atoms with Gasteiger partial charge >= 0.3 is 0 Å². The fourth-order valence-corrected chi connectivity index (χ4v) is 3.55. The molecular formula is C14H19N5. The van der Waals surface area contributed by atoms with Crippen LogP contribution < -0.4 is 5.32 Å². The molecule has 2 saturated heterocycles. The number of hydrogen-bond acceptors (Lipinski definition) is 4. The lowest BCUT2D eigenvalue weighted by Gasteiger charge is -2.22. The molecule has 5 heteroatoms. The first kappa shape index (κ1) is 11.4. The van der Waals surface area contributed by atoms with E-state index in [0.29, 0.717) is 5.41 Å². The standard InChI is InChI=1S/C14H19N5/c1-3-16-10-14(1)2-5-18(11-14)9-12-7-17-13-8-15-4-6-19(12)13/h4,6-8,16H,1-3,5,9-11H2. The van der Waals surface area contributed by atoms with E-state index >= 15 is 0 Å². The lowest BCUT2D eigenvalue weighted by Crippen LogP contribution is -2.29. The van der Waals surface area contributed by atoms with E-state index in [0.717, 1.165) is 12.2 Å². The predicted molar refractivity (Wildman–Crippen MR) is 72.8 cm³/mol. The van der Waals surface area contributed by atoms with Crippen LogP contribution >= 0.6 is 0 Å². The number of likely N-dealkylation sites (tertiary alicyclic amines) is 1. The largest absolute Gasteiger partial charge is 0.316 e. The molecule has 19 heavy (non-hydrogen) atoms. The SMILES string of the molecule is c1cn2c(CN3CCC4(CCNC4)C3)cnc2cn1. The smallest absolute Gasteiger partial charge is 0.155 e. The summed E-state index contributed by atoms with van der Waals surface area (Å²) in [5, 5.41) is 3.51. The highest BCUT2D eigenvalue weighted by Gasteiger charge is 2.40. The maximum atomic E-state index is 4.41. The molecule has 0 aliphatic carbocycles. The number of nitrogens with one attached hydrogen (secondary N) is 1. The number of fused-ring (bicyclic) bond motifs is 1. The molecule has 2 fully saturated rings. The molecule has 1 N–H and O–H groups in total. The van der Waals surface area contributed by atoms with Crippen LogP contribution in [0.1, 0.15) is 18.5 Å². The highest BCUT2D eigenvalue weighted by atomic mass is 15.2. The summed E-state index contributed by atoms with van der Waals surface area (Å²) in [6, 6.07) is 0. The molecule has 0 bridgehead atoms. The Kier molecular flexibility index (Phi) is 2.56. The van der Waals surface area contributed by atoms with Gasteiger partial charge in [0, 0.05) is 32.0 Å². The first-order valence-corrected chi connectivity index (χ1v) is 7.04. The van der Waals surface area contributed by atoms with E-state index in [1.165, 1.54) is 44.7 Å². The van der Waals surface area contributed by atoms with Crippen molar-refractivity contribution in [3.05, 3.63) is 30.5 Å². The third kappa shape index (κ3) is 1.93. The summed E-state index contributed by atoms with van der Waals surface area (Å²) in [6.07, 6.45) is 10.3. The van der Waals surface area contributed by atoms with Crippen LogP contribution in [-0.4, -0.2) is 45.4 Å². The van der Waals surface area contributed by atoms with Gasteiger partial charge in [-0.2, -0.15) is 0 Å². The highest BCUT2D eigenvalue weighted by molar-refractivity contribution is 5.36. The Bertz CT molecular complexity index is 584. The van der Waals surface area contributed by atoms with Gasteiger partial charge in [0.2, 0.25) is 0 Å². The van der Waals surface area contributed by atoms with Gasteiger partial charge in [-0.1, -0.05) is 0 Å². The summed E-state index contributed by atoms with van der Waals surface area (Å²) in [5.41, 5.74) is 2.75. The van der Waals surface area contributed by atoms with Crippen molar-refractivity contribution in [2.45, 2.75) is 19.4 Å². The fraction of sp³-hybridized carbons (Fsp3) is 0.571. The van der Waals surface area contributed by atoms with Crippen LogP contribution in [0.2, 0.25) is 0 Å².